The number of aliphatic imine (C=N–C) groups is 1. The van der Waals surface area contributed by atoms with Crippen molar-refractivity contribution in [1.29, 1.82) is 0 Å². The van der Waals surface area contributed by atoms with Crippen LogP contribution in [0.15, 0.2) is 23.5 Å². The van der Waals surface area contributed by atoms with E-state index in [-0.39, 0.29) is 0 Å². The summed E-state index contributed by atoms with van der Waals surface area (Å²) >= 11 is 0. The van der Waals surface area contributed by atoms with Gasteiger partial charge in [-0.15, -0.1) is 0 Å². The summed E-state index contributed by atoms with van der Waals surface area (Å²) in [5.41, 5.74) is 0.488. The van der Waals surface area contributed by atoms with Gasteiger partial charge in [0.05, 0.1) is 0 Å². The van der Waals surface area contributed by atoms with Crippen molar-refractivity contribution >= 4 is 11.9 Å². The third-order valence-corrected chi connectivity index (χ3v) is 6.04. The van der Waals surface area contributed by atoms with Gasteiger partial charge in [0.15, 0.2) is 5.96 Å². The molecule has 1 aromatic rings. The van der Waals surface area contributed by atoms with Crippen LogP contribution in [-0.4, -0.2) is 73.7 Å². The first-order chi connectivity index (χ1) is 13.6. The minimum absolute atomic E-state index is 0.488. The van der Waals surface area contributed by atoms with Crippen LogP contribution in [0.25, 0.3) is 0 Å². The Hall–Kier alpha value is -1.89. The molecule has 2 heterocycles. The van der Waals surface area contributed by atoms with Crippen LogP contribution in [0.5, 0.6) is 0 Å². The van der Waals surface area contributed by atoms with Crippen molar-refractivity contribution in [3.05, 3.63) is 18.5 Å². The second-order valence-electron chi connectivity index (χ2n) is 8.68. The topological polar surface area (TPSA) is 68.7 Å². The van der Waals surface area contributed by atoms with Crippen LogP contribution in [0.4, 0.5) is 5.95 Å². The zero-order valence-corrected chi connectivity index (χ0v) is 17.8. The fourth-order valence-corrected chi connectivity index (χ4v) is 4.45. The Balaban J connectivity index is 1.34. The van der Waals surface area contributed by atoms with Crippen molar-refractivity contribution in [1.82, 2.24) is 25.5 Å². The highest BCUT2D eigenvalue weighted by Gasteiger charge is 2.37. The zero-order valence-electron chi connectivity index (χ0n) is 17.8. The van der Waals surface area contributed by atoms with Gasteiger partial charge >= 0.3 is 0 Å². The molecule has 1 aliphatic carbocycles. The molecule has 0 aromatic carbocycles. The lowest BCUT2D eigenvalue weighted by Crippen LogP contribution is -2.51. The minimum atomic E-state index is 0.488. The number of rotatable bonds is 8. The standard InChI is InChI=1S/C21H37N7/c1-18(2)16-21(6-4-7-21)17-26-19(22-3)23-10-11-27-12-14-28(15-13-27)20-24-8-5-9-25-20/h5,8-9,18H,4,6-7,10-17H2,1-3H3,(H2,22,23,26). The monoisotopic (exact) mass is 387 g/mol. The van der Waals surface area contributed by atoms with E-state index in [4.69, 9.17) is 0 Å². The molecule has 0 bridgehead atoms. The van der Waals surface area contributed by atoms with Crippen molar-refractivity contribution in [3.63, 3.8) is 0 Å². The molecule has 1 saturated heterocycles. The lowest BCUT2D eigenvalue weighted by atomic mass is 9.64. The molecular formula is C21H37N7. The maximum Gasteiger partial charge on any atom is 0.225 e. The highest BCUT2D eigenvalue weighted by Crippen LogP contribution is 2.45. The molecule has 2 aliphatic rings. The molecule has 2 fully saturated rings. The van der Waals surface area contributed by atoms with Crippen LogP contribution in [0, 0.1) is 11.3 Å². The number of aromatic nitrogens is 2. The van der Waals surface area contributed by atoms with Crippen molar-refractivity contribution in [2.75, 3.05) is 57.8 Å². The van der Waals surface area contributed by atoms with E-state index in [2.05, 4.69) is 49.2 Å². The van der Waals surface area contributed by atoms with Crippen molar-refractivity contribution in [2.24, 2.45) is 16.3 Å². The van der Waals surface area contributed by atoms with Gasteiger partial charge in [-0.05, 0) is 36.7 Å². The molecule has 0 radical (unpaired) electrons. The predicted molar refractivity (Wildman–Crippen MR) is 116 cm³/mol. The summed E-state index contributed by atoms with van der Waals surface area (Å²) in [7, 11) is 1.86. The molecule has 1 saturated carbocycles. The molecule has 2 N–H and O–H groups in total. The Morgan fingerprint density at radius 2 is 1.86 bits per heavy atom. The van der Waals surface area contributed by atoms with Gasteiger partial charge in [0.25, 0.3) is 0 Å². The number of hydrogen-bond acceptors (Lipinski definition) is 5. The van der Waals surface area contributed by atoms with Gasteiger partial charge in [0, 0.05) is 65.3 Å². The maximum atomic E-state index is 4.41. The third kappa shape index (κ3) is 5.80. The van der Waals surface area contributed by atoms with E-state index < -0.39 is 0 Å². The normalized spacial score (nSPS) is 20.1. The molecule has 7 heteroatoms. The number of nitrogens with one attached hydrogen (secondary N) is 2. The third-order valence-electron chi connectivity index (χ3n) is 6.04. The van der Waals surface area contributed by atoms with Gasteiger partial charge in [0.1, 0.15) is 0 Å². The maximum absolute atomic E-state index is 4.41. The predicted octanol–water partition coefficient (Wildman–Crippen LogP) is 1.98. The molecule has 7 nitrogen and oxygen atoms in total. The average Bonchev–Trinajstić information content (AvgIpc) is 2.69. The summed E-state index contributed by atoms with van der Waals surface area (Å²) in [4.78, 5) is 17.9. The van der Waals surface area contributed by atoms with E-state index in [1.165, 1.54) is 25.7 Å². The SMILES string of the molecule is CN=C(NCCN1CCN(c2ncccn2)CC1)NCC1(CC(C)C)CCC1. The first-order valence-corrected chi connectivity index (χ1v) is 10.8. The number of anilines is 1. The highest BCUT2D eigenvalue weighted by molar-refractivity contribution is 5.79. The number of nitrogens with zero attached hydrogens (tertiary/aromatic N) is 5. The van der Waals surface area contributed by atoms with Gasteiger partial charge in [-0.25, -0.2) is 9.97 Å². The van der Waals surface area contributed by atoms with Gasteiger partial charge in [-0.2, -0.15) is 0 Å². The van der Waals surface area contributed by atoms with Gasteiger partial charge < -0.3 is 15.5 Å². The van der Waals surface area contributed by atoms with Gasteiger partial charge in [-0.1, -0.05) is 20.3 Å². The molecule has 1 aromatic heterocycles. The van der Waals surface area contributed by atoms with Crippen LogP contribution in [0.2, 0.25) is 0 Å². The van der Waals surface area contributed by atoms with Crippen LogP contribution >= 0.6 is 0 Å². The molecule has 0 unspecified atom stereocenters. The first-order valence-electron chi connectivity index (χ1n) is 10.8. The summed E-state index contributed by atoms with van der Waals surface area (Å²) in [6, 6.07) is 1.86. The molecule has 1 aliphatic heterocycles. The zero-order chi connectivity index (χ0) is 19.8. The molecule has 28 heavy (non-hydrogen) atoms. The quantitative estimate of drug-likeness (QED) is 0.525. The summed E-state index contributed by atoms with van der Waals surface area (Å²) in [5, 5.41) is 7.07. The van der Waals surface area contributed by atoms with Gasteiger partial charge in [0.2, 0.25) is 5.95 Å². The van der Waals surface area contributed by atoms with Crippen LogP contribution in [0.1, 0.15) is 39.5 Å². The van der Waals surface area contributed by atoms with E-state index >= 15 is 0 Å². The smallest absolute Gasteiger partial charge is 0.225 e. The lowest BCUT2D eigenvalue weighted by Gasteiger charge is -2.43. The Morgan fingerprint density at radius 3 is 2.43 bits per heavy atom. The number of hydrogen-bond donors (Lipinski definition) is 2. The second kappa shape index (κ2) is 10.0. The van der Waals surface area contributed by atoms with Crippen LogP contribution in [0.3, 0.4) is 0 Å². The molecule has 0 atom stereocenters. The fraction of sp³-hybridized carbons (Fsp3) is 0.762. The molecule has 0 spiro atoms. The lowest BCUT2D eigenvalue weighted by molar-refractivity contribution is 0.104. The van der Waals surface area contributed by atoms with E-state index in [0.29, 0.717) is 5.41 Å². The van der Waals surface area contributed by atoms with E-state index in [0.717, 1.165) is 63.6 Å². The van der Waals surface area contributed by atoms with Crippen molar-refractivity contribution in [2.45, 2.75) is 39.5 Å². The van der Waals surface area contributed by atoms with Gasteiger partial charge in [-0.3, -0.25) is 9.89 Å². The molecule has 0 amide bonds. The minimum Gasteiger partial charge on any atom is -0.356 e. The fourth-order valence-electron chi connectivity index (χ4n) is 4.45. The van der Waals surface area contributed by atoms with Crippen molar-refractivity contribution in [3.8, 4) is 0 Å². The summed E-state index contributed by atoms with van der Waals surface area (Å²) in [6.45, 7) is 11.7. The average molecular weight is 388 g/mol. The highest BCUT2D eigenvalue weighted by atomic mass is 15.3. The Bertz CT molecular complexity index is 604. The number of piperazine rings is 1. The summed E-state index contributed by atoms with van der Waals surface area (Å²) < 4.78 is 0. The molecule has 156 valence electrons. The van der Waals surface area contributed by atoms with E-state index in [1.807, 2.05) is 25.5 Å². The summed E-state index contributed by atoms with van der Waals surface area (Å²) in [6.07, 6.45) is 9.01. The van der Waals surface area contributed by atoms with E-state index in [9.17, 15) is 0 Å². The molecule has 3 rings (SSSR count). The Kier molecular flexibility index (Phi) is 7.48. The second-order valence-corrected chi connectivity index (χ2v) is 8.68. The number of guanidine groups is 1. The van der Waals surface area contributed by atoms with E-state index in [1.54, 1.807) is 0 Å². The first kappa shape index (κ1) is 20.8. The Labute approximate surface area is 170 Å². The van der Waals surface area contributed by atoms with Crippen LogP contribution in [-0.2, 0) is 0 Å². The largest absolute Gasteiger partial charge is 0.356 e. The van der Waals surface area contributed by atoms with Crippen LogP contribution < -0.4 is 15.5 Å². The Morgan fingerprint density at radius 1 is 1.14 bits per heavy atom. The van der Waals surface area contributed by atoms with Crippen molar-refractivity contribution < 1.29 is 0 Å². The summed E-state index contributed by atoms with van der Waals surface area (Å²) in [5.74, 6) is 2.54. The molecular weight excluding hydrogens is 350 g/mol.